The van der Waals surface area contributed by atoms with Crippen molar-refractivity contribution in [3.05, 3.63) is 54.3 Å². The van der Waals surface area contributed by atoms with Crippen LogP contribution in [0.4, 0.5) is 17.5 Å². The van der Waals surface area contributed by atoms with Crippen molar-refractivity contribution >= 4 is 23.1 Å². The number of fused-ring (bicyclic) bond motifs is 1. The summed E-state index contributed by atoms with van der Waals surface area (Å²) in [7, 11) is 2.17. The van der Waals surface area contributed by atoms with Crippen molar-refractivity contribution < 1.29 is 4.42 Å². The van der Waals surface area contributed by atoms with Crippen LogP contribution in [0.2, 0.25) is 0 Å². The van der Waals surface area contributed by atoms with Gasteiger partial charge >= 0.3 is 0 Å². The first-order valence-corrected chi connectivity index (χ1v) is 10.00. The van der Waals surface area contributed by atoms with E-state index in [1.165, 1.54) is 15.8 Å². The smallest absolute Gasteiger partial charge is 0.225 e. The molecule has 5 rings (SSSR count). The summed E-state index contributed by atoms with van der Waals surface area (Å²) in [5, 5.41) is 7.77. The van der Waals surface area contributed by atoms with Gasteiger partial charge in [0.05, 0.1) is 6.26 Å². The molecule has 0 aliphatic carbocycles. The number of nitrogens with one attached hydrogen (secondary N) is 1. The molecule has 3 N–H and O–H groups in total. The van der Waals surface area contributed by atoms with Crippen molar-refractivity contribution in [3.8, 4) is 11.6 Å². The maximum atomic E-state index is 6.12. The normalized spacial score (nSPS) is 15.0. The van der Waals surface area contributed by atoms with E-state index in [2.05, 4.69) is 61.5 Å². The number of para-hydroxylation sites is 1. The molecule has 0 amide bonds. The minimum atomic E-state index is 0.271. The molecule has 0 atom stereocenters. The predicted octanol–water partition coefficient (Wildman–Crippen LogP) is 2.33. The van der Waals surface area contributed by atoms with Gasteiger partial charge in [-0.25, -0.2) is 4.98 Å². The lowest BCUT2D eigenvalue weighted by molar-refractivity contribution is 0.312. The zero-order valence-electron chi connectivity index (χ0n) is 16.8. The largest absolute Gasteiger partial charge is 0.461 e. The number of nitrogens with two attached hydrogens (primary N) is 1. The summed E-state index contributed by atoms with van der Waals surface area (Å²) in [4.78, 5) is 13.8. The first kappa shape index (κ1) is 18.4. The molecule has 1 aliphatic heterocycles. The molecule has 30 heavy (non-hydrogen) atoms. The number of nitrogens with zero attached hydrogens (tertiary/aromatic N) is 6. The fourth-order valence-electron chi connectivity index (χ4n) is 3.71. The highest BCUT2D eigenvalue weighted by atomic mass is 16.3. The van der Waals surface area contributed by atoms with Crippen molar-refractivity contribution in [3.63, 3.8) is 0 Å². The van der Waals surface area contributed by atoms with Crippen LogP contribution >= 0.6 is 0 Å². The molecule has 0 radical (unpaired) electrons. The van der Waals surface area contributed by atoms with Crippen LogP contribution in [0.3, 0.4) is 0 Å². The standard InChI is InChI=1S/C21H24N8O/c1-27-8-10-28(11-9-27)16-6-3-2-5-15(16)14-23-18-13-19-25-20(17-7-4-12-30-17)26-29(19)21(22)24-18/h2-7,12-13,23H,8-11,14H2,1H3,(H2,22,24). The molecule has 3 aromatic heterocycles. The third-order valence-electron chi connectivity index (χ3n) is 5.39. The van der Waals surface area contributed by atoms with E-state index in [1.807, 2.05) is 12.1 Å². The molecular weight excluding hydrogens is 380 g/mol. The van der Waals surface area contributed by atoms with Crippen LogP contribution in [-0.4, -0.2) is 57.7 Å². The molecule has 4 heterocycles. The zero-order chi connectivity index (χ0) is 20.5. The fourth-order valence-corrected chi connectivity index (χ4v) is 3.71. The van der Waals surface area contributed by atoms with E-state index in [1.54, 1.807) is 12.3 Å². The van der Waals surface area contributed by atoms with Crippen molar-refractivity contribution in [1.82, 2.24) is 24.5 Å². The van der Waals surface area contributed by atoms with E-state index >= 15 is 0 Å². The Bertz CT molecular complexity index is 1150. The van der Waals surface area contributed by atoms with Gasteiger partial charge in [-0.15, -0.1) is 5.10 Å². The molecule has 154 valence electrons. The third kappa shape index (κ3) is 3.55. The third-order valence-corrected chi connectivity index (χ3v) is 5.39. The molecule has 0 unspecified atom stereocenters. The van der Waals surface area contributed by atoms with Crippen molar-refractivity contribution in [2.24, 2.45) is 0 Å². The predicted molar refractivity (Wildman–Crippen MR) is 116 cm³/mol. The van der Waals surface area contributed by atoms with Crippen molar-refractivity contribution in [2.45, 2.75) is 6.54 Å². The first-order valence-electron chi connectivity index (χ1n) is 10.00. The summed E-state index contributed by atoms with van der Waals surface area (Å²) in [6, 6.07) is 13.9. The van der Waals surface area contributed by atoms with E-state index in [4.69, 9.17) is 10.2 Å². The molecule has 0 bridgehead atoms. The second-order valence-corrected chi connectivity index (χ2v) is 7.45. The number of anilines is 3. The van der Waals surface area contributed by atoms with Crippen LogP contribution in [0.5, 0.6) is 0 Å². The molecule has 0 spiro atoms. The summed E-state index contributed by atoms with van der Waals surface area (Å²) >= 11 is 0. The second kappa shape index (κ2) is 7.68. The van der Waals surface area contributed by atoms with E-state index in [9.17, 15) is 0 Å². The van der Waals surface area contributed by atoms with Gasteiger partial charge in [0.15, 0.2) is 11.4 Å². The highest BCUT2D eigenvalue weighted by Crippen LogP contribution is 2.24. The Morgan fingerprint density at radius 3 is 2.70 bits per heavy atom. The minimum Gasteiger partial charge on any atom is -0.461 e. The van der Waals surface area contributed by atoms with Gasteiger partial charge < -0.3 is 25.3 Å². The monoisotopic (exact) mass is 404 g/mol. The summed E-state index contributed by atoms with van der Waals surface area (Å²) in [6.45, 7) is 4.84. The molecule has 4 aromatic rings. The number of hydrogen-bond donors (Lipinski definition) is 2. The van der Waals surface area contributed by atoms with Gasteiger partial charge in [-0.2, -0.15) is 9.50 Å². The zero-order valence-corrected chi connectivity index (χ0v) is 16.8. The Labute approximate surface area is 174 Å². The van der Waals surface area contributed by atoms with Gasteiger partial charge in [-0.1, -0.05) is 18.2 Å². The minimum absolute atomic E-state index is 0.271. The molecule has 9 heteroatoms. The number of nitrogen functional groups attached to an aromatic ring is 1. The molecule has 9 nitrogen and oxygen atoms in total. The number of aromatic nitrogens is 4. The van der Waals surface area contributed by atoms with Gasteiger partial charge in [0.2, 0.25) is 11.8 Å². The lowest BCUT2D eigenvalue weighted by atomic mass is 10.1. The SMILES string of the molecule is CN1CCN(c2ccccc2CNc2cc3nc(-c4ccco4)nn3c(N)n2)CC1. The highest BCUT2D eigenvalue weighted by Gasteiger charge is 2.17. The van der Waals surface area contributed by atoms with E-state index in [-0.39, 0.29) is 5.95 Å². The van der Waals surface area contributed by atoms with Gasteiger partial charge in [0.1, 0.15) is 5.82 Å². The van der Waals surface area contributed by atoms with Crippen molar-refractivity contribution in [2.75, 3.05) is 49.2 Å². The number of furan rings is 1. The van der Waals surface area contributed by atoms with Crippen LogP contribution in [0, 0.1) is 0 Å². The van der Waals surface area contributed by atoms with Gasteiger partial charge in [0, 0.05) is 44.5 Å². The van der Waals surface area contributed by atoms with Crippen LogP contribution < -0.4 is 16.0 Å². The number of piperazine rings is 1. The molecule has 1 aliphatic rings. The molecule has 1 aromatic carbocycles. The van der Waals surface area contributed by atoms with Crippen LogP contribution in [0.15, 0.2) is 53.1 Å². The Morgan fingerprint density at radius 2 is 1.90 bits per heavy atom. The Kier molecular flexibility index (Phi) is 4.72. The molecule has 0 saturated carbocycles. The average molecular weight is 404 g/mol. The summed E-state index contributed by atoms with van der Waals surface area (Å²) < 4.78 is 6.89. The highest BCUT2D eigenvalue weighted by molar-refractivity contribution is 5.60. The van der Waals surface area contributed by atoms with Crippen LogP contribution in [-0.2, 0) is 6.54 Å². The summed E-state index contributed by atoms with van der Waals surface area (Å²) in [6.07, 6.45) is 1.59. The summed E-state index contributed by atoms with van der Waals surface area (Å²) in [5.74, 6) is 2.00. The van der Waals surface area contributed by atoms with Crippen LogP contribution in [0.1, 0.15) is 5.56 Å². The van der Waals surface area contributed by atoms with Gasteiger partial charge in [-0.05, 0) is 30.8 Å². The maximum absolute atomic E-state index is 6.12. The Hall–Kier alpha value is -3.59. The fraction of sp³-hybridized carbons (Fsp3) is 0.286. The molecule has 1 saturated heterocycles. The van der Waals surface area contributed by atoms with Crippen LogP contribution in [0.25, 0.3) is 17.2 Å². The molecular formula is C21H24N8O. The topological polar surface area (TPSA) is 101 Å². The number of likely N-dealkylation sites (N-methyl/N-ethyl adjacent to an activating group) is 1. The number of hydrogen-bond acceptors (Lipinski definition) is 8. The quantitative estimate of drug-likeness (QED) is 0.523. The number of benzene rings is 1. The van der Waals surface area contributed by atoms with Gasteiger partial charge in [0.25, 0.3) is 0 Å². The average Bonchev–Trinajstić information content (AvgIpc) is 3.43. The van der Waals surface area contributed by atoms with Crippen molar-refractivity contribution in [1.29, 1.82) is 0 Å². The number of rotatable bonds is 5. The van der Waals surface area contributed by atoms with E-state index in [0.29, 0.717) is 29.6 Å². The van der Waals surface area contributed by atoms with Gasteiger partial charge in [-0.3, -0.25) is 0 Å². The maximum Gasteiger partial charge on any atom is 0.225 e. The van der Waals surface area contributed by atoms with E-state index in [0.717, 1.165) is 26.2 Å². The Morgan fingerprint density at radius 1 is 1.07 bits per heavy atom. The summed E-state index contributed by atoms with van der Waals surface area (Å²) in [5.41, 5.74) is 9.21. The second-order valence-electron chi connectivity index (χ2n) is 7.45. The lowest BCUT2D eigenvalue weighted by Crippen LogP contribution is -2.44. The Balaban J connectivity index is 1.37. The lowest BCUT2D eigenvalue weighted by Gasteiger charge is -2.35. The molecule has 1 fully saturated rings. The first-order chi connectivity index (χ1) is 14.7. The van der Waals surface area contributed by atoms with E-state index < -0.39 is 0 Å².